The smallest absolute Gasteiger partial charge is 0.0991 e. The SMILES string of the molecule is CCN(CC)c1ccc(/C=C/c2ccc(C#N)cc2)cc1. The molecule has 2 nitrogen and oxygen atoms in total. The molecule has 21 heavy (non-hydrogen) atoms. The van der Waals surface area contributed by atoms with Crippen molar-refractivity contribution in [3.63, 3.8) is 0 Å². The van der Waals surface area contributed by atoms with Crippen LogP contribution >= 0.6 is 0 Å². The molecule has 0 aliphatic carbocycles. The molecule has 0 aliphatic heterocycles. The zero-order valence-corrected chi connectivity index (χ0v) is 12.6. The molecule has 0 amide bonds. The Balaban J connectivity index is 2.08. The van der Waals surface area contributed by atoms with E-state index in [-0.39, 0.29) is 0 Å². The van der Waals surface area contributed by atoms with E-state index in [9.17, 15) is 0 Å². The largest absolute Gasteiger partial charge is 0.372 e. The van der Waals surface area contributed by atoms with Gasteiger partial charge in [0, 0.05) is 18.8 Å². The molecule has 0 unspecified atom stereocenters. The van der Waals surface area contributed by atoms with Crippen LogP contribution in [0.3, 0.4) is 0 Å². The van der Waals surface area contributed by atoms with Crippen LogP contribution in [-0.2, 0) is 0 Å². The summed E-state index contributed by atoms with van der Waals surface area (Å²) in [6.07, 6.45) is 4.15. The zero-order chi connectivity index (χ0) is 15.1. The highest BCUT2D eigenvalue weighted by Gasteiger charge is 2.00. The maximum Gasteiger partial charge on any atom is 0.0991 e. The van der Waals surface area contributed by atoms with Crippen LogP contribution in [0.2, 0.25) is 0 Å². The fraction of sp³-hybridized carbons (Fsp3) is 0.211. The second-order valence-corrected chi connectivity index (χ2v) is 4.83. The molecule has 2 aromatic rings. The van der Waals surface area contributed by atoms with Gasteiger partial charge in [0.2, 0.25) is 0 Å². The fourth-order valence-corrected chi connectivity index (χ4v) is 2.25. The Hall–Kier alpha value is -2.53. The highest BCUT2D eigenvalue weighted by molar-refractivity contribution is 5.70. The maximum atomic E-state index is 8.78. The molecule has 106 valence electrons. The summed E-state index contributed by atoms with van der Waals surface area (Å²) in [5, 5.41) is 8.78. The lowest BCUT2D eigenvalue weighted by atomic mass is 10.1. The van der Waals surface area contributed by atoms with Crippen molar-refractivity contribution in [2.45, 2.75) is 13.8 Å². The first-order valence-corrected chi connectivity index (χ1v) is 7.30. The van der Waals surface area contributed by atoms with Crippen LogP contribution < -0.4 is 4.90 Å². The first-order valence-electron chi connectivity index (χ1n) is 7.30. The third-order valence-corrected chi connectivity index (χ3v) is 3.53. The number of hydrogen-bond donors (Lipinski definition) is 0. The maximum absolute atomic E-state index is 8.78. The van der Waals surface area contributed by atoms with Crippen molar-refractivity contribution in [2.24, 2.45) is 0 Å². The molecule has 0 bridgehead atoms. The van der Waals surface area contributed by atoms with Crippen LogP contribution in [0.15, 0.2) is 48.5 Å². The van der Waals surface area contributed by atoms with Crippen molar-refractivity contribution in [1.82, 2.24) is 0 Å². The molecule has 0 spiro atoms. The lowest BCUT2D eigenvalue weighted by Crippen LogP contribution is -2.21. The van der Waals surface area contributed by atoms with Crippen LogP contribution in [0.1, 0.15) is 30.5 Å². The minimum Gasteiger partial charge on any atom is -0.372 e. The van der Waals surface area contributed by atoms with E-state index in [1.54, 1.807) is 0 Å². The van der Waals surface area contributed by atoms with Gasteiger partial charge in [0.25, 0.3) is 0 Å². The van der Waals surface area contributed by atoms with E-state index in [0.29, 0.717) is 5.56 Å². The Bertz CT molecular complexity index is 627. The molecule has 0 aliphatic rings. The predicted octanol–water partition coefficient (Wildman–Crippen LogP) is 4.57. The first kappa shape index (κ1) is 14.9. The molecule has 2 rings (SSSR count). The van der Waals surface area contributed by atoms with Crippen molar-refractivity contribution in [3.8, 4) is 6.07 Å². The molecule has 0 N–H and O–H groups in total. The molecule has 2 heteroatoms. The van der Waals surface area contributed by atoms with E-state index in [4.69, 9.17) is 5.26 Å². The topological polar surface area (TPSA) is 27.0 Å². The van der Waals surface area contributed by atoms with Crippen molar-refractivity contribution < 1.29 is 0 Å². The monoisotopic (exact) mass is 276 g/mol. The van der Waals surface area contributed by atoms with Crippen LogP contribution in [0.4, 0.5) is 5.69 Å². The molecule has 0 atom stereocenters. The second kappa shape index (κ2) is 7.31. The van der Waals surface area contributed by atoms with E-state index in [2.05, 4.69) is 61.2 Å². The van der Waals surface area contributed by atoms with Gasteiger partial charge in [-0.2, -0.15) is 5.26 Å². The van der Waals surface area contributed by atoms with Crippen LogP contribution in [-0.4, -0.2) is 13.1 Å². The van der Waals surface area contributed by atoms with Gasteiger partial charge in [0.1, 0.15) is 0 Å². The van der Waals surface area contributed by atoms with Gasteiger partial charge in [-0.25, -0.2) is 0 Å². The van der Waals surface area contributed by atoms with Gasteiger partial charge in [-0.1, -0.05) is 36.4 Å². The average molecular weight is 276 g/mol. The van der Waals surface area contributed by atoms with E-state index in [1.165, 1.54) is 11.3 Å². The summed E-state index contributed by atoms with van der Waals surface area (Å²) in [6, 6.07) is 18.3. The van der Waals surface area contributed by atoms with E-state index in [0.717, 1.165) is 18.7 Å². The lowest BCUT2D eigenvalue weighted by molar-refractivity contribution is 0.866. The standard InChI is InChI=1S/C19H20N2/c1-3-21(4-2)19-13-11-17(12-14-19)6-5-16-7-9-18(15-20)10-8-16/h5-14H,3-4H2,1-2H3/b6-5+. The number of rotatable bonds is 5. The summed E-state index contributed by atoms with van der Waals surface area (Å²) in [5.74, 6) is 0. The van der Waals surface area contributed by atoms with Crippen LogP contribution in [0.5, 0.6) is 0 Å². The van der Waals surface area contributed by atoms with Gasteiger partial charge in [0.05, 0.1) is 11.6 Å². The van der Waals surface area contributed by atoms with Crippen molar-refractivity contribution >= 4 is 17.8 Å². The second-order valence-electron chi connectivity index (χ2n) is 4.83. The first-order chi connectivity index (χ1) is 10.3. The van der Waals surface area contributed by atoms with E-state index >= 15 is 0 Å². The number of benzene rings is 2. The highest BCUT2D eigenvalue weighted by Crippen LogP contribution is 2.16. The summed E-state index contributed by atoms with van der Waals surface area (Å²) in [5.41, 5.74) is 4.23. The van der Waals surface area contributed by atoms with Gasteiger partial charge in [-0.15, -0.1) is 0 Å². The van der Waals surface area contributed by atoms with Crippen molar-refractivity contribution in [3.05, 3.63) is 65.2 Å². The molecular formula is C19H20N2. The Labute approximate surface area is 127 Å². The molecular weight excluding hydrogens is 256 g/mol. The van der Waals surface area contributed by atoms with Crippen molar-refractivity contribution in [2.75, 3.05) is 18.0 Å². The normalized spacial score (nSPS) is 10.5. The third-order valence-electron chi connectivity index (χ3n) is 3.53. The third kappa shape index (κ3) is 3.97. The summed E-state index contributed by atoms with van der Waals surface area (Å²) >= 11 is 0. The fourth-order valence-electron chi connectivity index (χ4n) is 2.25. The number of hydrogen-bond acceptors (Lipinski definition) is 2. The van der Waals surface area contributed by atoms with Crippen molar-refractivity contribution in [1.29, 1.82) is 5.26 Å². The Kier molecular flexibility index (Phi) is 5.17. The predicted molar refractivity (Wildman–Crippen MR) is 90.1 cm³/mol. The van der Waals surface area contributed by atoms with Gasteiger partial charge in [-0.05, 0) is 49.2 Å². The van der Waals surface area contributed by atoms with Gasteiger partial charge in [-0.3, -0.25) is 0 Å². The van der Waals surface area contributed by atoms with E-state index < -0.39 is 0 Å². The van der Waals surface area contributed by atoms with Crippen LogP contribution in [0, 0.1) is 11.3 Å². The molecule has 0 heterocycles. The van der Waals surface area contributed by atoms with E-state index in [1.807, 2.05) is 24.3 Å². The quantitative estimate of drug-likeness (QED) is 0.748. The minimum absolute atomic E-state index is 0.690. The Morgan fingerprint density at radius 2 is 1.33 bits per heavy atom. The van der Waals surface area contributed by atoms with Gasteiger partial charge in [0.15, 0.2) is 0 Å². The molecule has 0 aromatic heterocycles. The summed E-state index contributed by atoms with van der Waals surface area (Å²) < 4.78 is 0. The summed E-state index contributed by atoms with van der Waals surface area (Å²) in [4.78, 5) is 2.33. The minimum atomic E-state index is 0.690. The highest BCUT2D eigenvalue weighted by atomic mass is 15.1. The molecule has 0 fully saturated rings. The molecule has 2 aromatic carbocycles. The van der Waals surface area contributed by atoms with Gasteiger partial charge >= 0.3 is 0 Å². The van der Waals surface area contributed by atoms with Crippen LogP contribution in [0.25, 0.3) is 12.2 Å². The Morgan fingerprint density at radius 3 is 1.76 bits per heavy atom. The summed E-state index contributed by atoms with van der Waals surface area (Å²) in [7, 11) is 0. The lowest BCUT2D eigenvalue weighted by Gasteiger charge is -2.20. The molecule has 0 saturated heterocycles. The van der Waals surface area contributed by atoms with Gasteiger partial charge < -0.3 is 4.90 Å². The number of nitrogens with zero attached hydrogens (tertiary/aromatic N) is 2. The molecule has 0 radical (unpaired) electrons. The number of nitriles is 1. The Morgan fingerprint density at radius 1 is 0.857 bits per heavy atom. The average Bonchev–Trinajstić information content (AvgIpc) is 2.55. The zero-order valence-electron chi connectivity index (χ0n) is 12.6. The number of anilines is 1. The molecule has 0 saturated carbocycles. The summed E-state index contributed by atoms with van der Waals surface area (Å²) in [6.45, 7) is 6.39.